The van der Waals surface area contributed by atoms with Gasteiger partial charge in [-0.1, -0.05) is 37.3 Å². The molecule has 2 aromatic rings. The van der Waals surface area contributed by atoms with E-state index in [0.29, 0.717) is 11.3 Å². The molecule has 2 N–H and O–H groups in total. The van der Waals surface area contributed by atoms with E-state index < -0.39 is 17.4 Å². The van der Waals surface area contributed by atoms with Gasteiger partial charge in [0.1, 0.15) is 5.69 Å². The van der Waals surface area contributed by atoms with E-state index in [1.54, 1.807) is 55.1 Å². The number of amides is 1. The van der Waals surface area contributed by atoms with Gasteiger partial charge >= 0.3 is 5.97 Å². The maximum Gasteiger partial charge on any atom is 0.334 e. The van der Waals surface area contributed by atoms with Crippen molar-refractivity contribution < 1.29 is 14.7 Å². The van der Waals surface area contributed by atoms with Crippen LogP contribution in [0.25, 0.3) is 0 Å². The Bertz CT molecular complexity index is 697. The fourth-order valence-corrected chi connectivity index (χ4v) is 2.95. The number of nitrogens with one attached hydrogen (secondary N) is 1. The lowest BCUT2D eigenvalue weighted by Crippen LogP contribution is -2.51. The van der Waals surface area contributed by atoms with Gasteiger partial charge in [-0.3, -0.25) is 4.79 Å². The maximum absolute atomic E-state index is 12.5. The lowest BCUT2D eigenvalue weighted by molar-refractivity contribution is -0.145. The number of carboxylic acid groups (broad SMARTS) is 1. The lowest BCUT2D eigenvalue weighted by Gasteiger charge is -2.30. The van der Waals surface area contributed by atoms with Crippen LogP contribution in [0, 0.1) is 0 Å². The molecule has 1 amide bonds. The summed E-state index contributed by atoms with van der Waals surface area (Å²) in [5.74, 6) is -1.51. The summed E-state index contributed by atoms with van der Waals surface area (Å²) >= 11 is 3.30. The summed E-state index contributed by atoms with van der Waals surface area (Å²) in [4.78, 5) is 24.4. The van der Waals surface area contributed by atoms with Gasteiger partial charge in [-0.15, -0.1) is 0 Å². The van der Waals surface area contributed by atoms with Gasteiger partial charge in [0.2, 0.25) is 0 Å². The van der Waals surface area contributed by atoms with Crippen LogP contribution in [0.1, 0.15) is 29.4 Å². The number of rotatable bonds is 5. The molecule has 0 spiro atoms. The number of benzene rings is 1. The summed E-state index contributed by atoms with van der Waals surface area (Å²) in [5, 5.41) is 12.4. The van der Waals surface area contributed by atoms with Crippen molar-refractivity contribution in [3.63, 3.8) is 0 Å². The topological polar surface area (TPSA) is 71.3 Å². The summed E-state index contributed by atoms with van der Waals surface area (Å²) in [5.41, 5.74) is -0.511. The fourth-order valence-electron chi connectivity index (χ4n) is 2.42. The number of hydrogen-bond donors (Lipinski definition) is 2. The minimum Gasteiger partial charge on any atom is -0.479 e. The molecule has 1 atom stereocenters. The van der Waals surface area contributed by atoms with Crippen molar-refractivity contribution in [3.05, 3.63) is 58.3 Å². The molecule has 0 bridgehead atoms. The summed E-state index contributed by atoms with van der Waals surface area (Å²) < 4.78 is 2.41. The molecule has 0 saturated carbocycles. The van der Waals surface area contributed by atoms with Gasteiger partial charge < -0.3 is 15.0 Å². The SMILES string of the molecule is CCC(NC(=O)c1cc(Br)cn1C)(C(=O)O)c1ccccc1. The molecule has 1 heterocycles. The van der Waals surface area contributed by atoms with E-state index >= 15 is 0 Å². The standard InChI is InChI=1S/C16H17BrN2O3/c1-3-16(15(21)22,11-7-5-4-6-8-11)18-14(20)13-9-12(17)10-19(13)2/h4-10H,3H2,1-2H3,(H,18,20)(H,21,22). The van der Waals surface area contributed by atoms with E-state index in [-0.39, 0.29) is 6.42 Å². The number of hydrogen-bond acceptors (Lipinski definition) is 2. The molecule has 0 aliphatic carbocycles. The van der Waals surface area contributed by atoms with Crippen LogP contribution in [0.4, 0.5) is 0 Å². The molecule has 1 aromatic heterocycles. The highest BCUT2D eigenvalue weighted by Gasteiger charge is 2.40. The molecule has 0 fully saturated rings. The van der Waals surface area contributed by atoms with Gasteiger partial charge in [0.05, 0.1) is 0 Å². The second-order valence-electron chi connectivity index (χ2n) is 5.04. The Hall–Kier alpha value is -2.08. The summed E-state index contributed by atoms with van der Waals surface area (Å²) in [7, 11) is 1.73. The predicted octanol–water partition coefficient (Wildman–Crippen LogP) is 2.91. The number of aryl methyl sites for hydroxylation is 1. The van der Waals surface area contributed by atoms with Crippen LogP contribution in [0.2, 0.25) is 0 Å². The highest BCUT2D eigenvalue weighted by Crippen LogP contribution is 2.26. The van der Waals surface area contributed by atoms with E-state index in [2.05, 4.69) is 21.2 Å². The second kappa shape index (κ2) is 6.36. The molecule has 2 rings (SSSR count). The van der Waals surface area contributed by atoms with Crippen molar-refractivity contribution in [1.82, 2.24) is 9.88 Å². The maximum atomic E-state index is 12.5. The molecule has 116 valence electrons. The number of carbonyl (C=O) groups is 2. The van der Waals surface area contributed by atoms with Gasteiger partial charge in [0, 0.05) is 17.7 Å². The normalized spacial score (nSPS) is 13.4. The molecule has 5 nitrogen and oxygen atoms in total. The Kier molecular flexibility index (Phi) is 4.71. The molecular weight excluding hydrogens is 348 g/mol. The summed E-state index contributed by atoms with van der Waals surface area (Å²) in [6.45, 7) is 1.74. The van der Waals surface area contributed by atoms with Gasteiger partial charge in [-0.25, -0.2) is 4.79 Å². The largest absolute Gasteiger partial charge is 0.479 e. The van der Waals surface area contributed by atoms with Crippen molar-refractivity contribution >= 4 is 27.8 Å². The highest BCUT2D eigenvalue weighted by molar-refractivity contribution is 9.10. The summed E-state index contributed by atoms with van der Waals surface area (Å²) in [6.07, 6.45) is 1.98. The first-order valence-electron chi connectivity index (χ1n) is 6.84. The van der Waals surface area contributed by atoms with Crippen LogP contribution in [0.3, 0.4) is 0 Å². The van der Waals surface area contributed by atoms with E-state index in [4.69, 9.17) is 0 Å². The lowest BCUT2D eigenvalue weighted by atomic mass is 9.87. The minimum absolute atomic E-state index is 0.240. The van der Waals surface area contributed by atoms with Crippen molar-refractivity contribution in [2.24, 2.45) is 7.05 Å². The molecule has 0 saturated heterocycles. The highest BCUT2D eigenvalue weighted by atomic mass is 79.9. The molecule has 0 radical (unpaired) electrons. The number of aromatic nitrogens is 1. The number of halogens is 1. The van der Waals surface area contributed by atoms with Crippen molar-refractivity contribution in [1.29, 1.82) is 0 Å². The smallest absolute Gasteiger partial charge is 0.334 e. The molecule has 0 aliphatic rings. The molecule has 1 aromatic carbocycles. The average Bonchev–Trinajstić information content (AvgIpc) is 2.84. The van der Waals surface area contributed by atoms with Crippen LogP contribution in [0.15, 0.2) is 47.1 Å². The van der Waals surface area contributed by atoms with Crippen LogP contribution in [-0.2, 0) is 17.4 Å². The Morgan fingerprint density at radius 2 is 1.95 bits per heavy atom. The predicted molar refractivity (Wildman–Crippen MR) is 86.6 cm³/mol. The van der Waals surface area contributed by atoms with Crippen molar-refractivity contribution in [2.75, 3.05) is 0 Å². The average molecular weight is 365 g/mol. The van der Waals surface area contributed by atoms with E-state index in [1.807, 2.05) is 6.07 Å². The quantitative estimate of drug-likeness (QED) is 0.856. The molecular formula is C16H17BrN2O3. The zero-order chi connectivity index (χ0) is 16.3. The third kappa shape index (κ3) is 2.92. The van der Waals surface area contributed by atoms with Crippen LogP contribution < -0.4 is 5.32 Å². The second-order valence-corrected chi connectivity index (χ2v) is 5.95. The molecule has 6 heteroatoms. The van der Waals surface area contributed by atoms with E-state index in [9.17, 15) is 14.7 Å². The van der Waals surface area contributed by atoms with Gasteiger partial charge in [0.25, 0.3) is 5.91 Å². The first-order valence-corrected chi connectivity index (χ1v) is 7.63. The molecule has 22 heavy (non-hydrogen) atoms. The first kappa shape index (κ1) is 16.3. The monoisotopic (exact) mass is 364 g/mol. The van der Waals surface area contributed by atoms with Crippen molar-refractivity contribution in [2.45, 2.75) is 18.9 Å². The first-order chi connectivity index (χ1) is 10.4. The summed E-state index contributed by atoms with van der Waals surface area (Å²) in [6, 6.07) is 10.4. The van der Waals surface area contributed by atoms with E-state index in [0.717, 1.165) is 4.47 Å². The molecule has 0 aliphatic heterocycles. The van der Waals surface area contributed by atoms with Gasteiger partial charge in [-0.05, 0) is 34.0 Å². The Labute approximate surface area is 137 Å². The van der Waals surface area contributed by atoms with Crippen LogP contribution >= 0.6 is 15.9 Å². The third-order valence-electron chi connectivity index (χ3n) is 3.69. The van der Waals surface area contributed by atoms with Gasteiger partial charge in [0.15, 0.2) is 5.54 Å². The Balaban J connectivity index is 2.42. The number of carbonyl (C=O) groups excluding carboxylic acids is 1. The third-order valence-corrected chi connectivity index (χ3v) is 4.13. The van der Waals surface area contributed by atoms with Crippen LogP contribution in [-0.4, -0.2) is 21.6 Å². The van der Waals surface area contributed by atoms with Crippen molar-refractivity contribution in [3.8, 4) is 0 Å². The fraction of sp³-hybridized carbons (Fsp3) is 0.250. The number of carboxylic acids is 1. The van der Waals surface area contributed by atoms with E-state index in [1.165, 1.54) is 0 Å². The van der Waals surface area contributed by atoms with Gasteiger partial charge in [-0.2, -0.15) is 0 Å². The Morgan fingerprint density at radius 3 is 2.41 bits per heavy atom. The zero-order valence-corrected chi connectivity index (χ0v) is 13.9. The zero-order valence-electron chi connectivity index (χ0n) is 12.3. The van der Waals surface area contributed by atoms with Crippen LogP contribution in [0.5, 0.6) is 0 Å². The Morgan fingerprint density at radius 1 is 1.32 bits per heavy atom. The number of aliphatic carboxylic acids is 1. The minimum atomic E-state index is -1.45. The molecule has 1 unspecified atom stereocenters. The number of nitrogens with zero attached hydrogens (tertiary/aromatic N) is 1.